The van der Waals surface area contributed by atoms with Gasteiger partial charge in [0.15, 0.2) is 0 Å². The van der Waals surface area contributed by atoms with Crippen LogP contribution >= 0.6 is 0 Å². The van der Waals surface area contributed by atoms with Gasteiger partial charge in [-0.25, -0.2) is 0 Å². The van der Waals surface area contributed by atoms with Crippen molar-refractivity contribution in [3.63, 3.8) is 0 Å². The molecule has 0 spiro atoms. The summed E-state index contributed by atoms with van der Waals surface area (Å²) < 4.78 is 0. The van der Waals surface area contributed by atoms with Crippen molar-refractivity contribution in [1.82, 2.24) is 5.32 Å². The molecule has 4 atom stereocenters. The van der Waals surface area contributed by atoms with Crippen molar-refractivity contribution in [3.8, 4) is 0 Å². The number of nitrogens with one attached hydrogen (secondary N) is 1. The lowest BCUT2D eigenvalue weighted by Crippen LogP contribution is -2.42. The van der Waals surface area contributed by atoms with Crippen LogP contribution in [0.1, 0.15) is 85.5 Å². The van der Waals surface area contributed by atoms with Gasteiger partial charge < -0.3 is 5.32 Å². The van der Waals surface area contributed by atoms with Crippen molar-refractivity contribution < 1.29 is 0 Å². The standard InChI is InChI=1S/C19H37N/c1-5-7-8-16(6-2)12-19(14-20-15(3)4)13-17-9-10-18(19)11-17/h15-18,20H,5-14H2,1-4H3. The van der Waals surface area contributed by atoms with Gasteiger partial charge in [0.2, 0.25) is 0 Å². The van der Waals surface area contributed by atoms with Crippen molar-refractivity contribution in [2.24, 2.45) is 23.2 Å². The molecule has 0 amide bonds. The van der Waals surface area contributed by atoms with E-state index in [1.807, 2.05) is 0 Å². The fraction of sp³-hybridized carbons (Fsp3) is 1.00. The molecular weight excluding hydrogens is 242 g/mol. The van der Waals surface area contributed by atoms with Crippen LogP contribution in [0.5, 0.6) is 0 Å². The molecule has 0 aliphatic heterocycles. The Balaban J connectivity index is 1.99. The molecule has 0 aromatic carbocycles. The summed E-state index contributed by atoms with van der Waals surface area (Å²) in [6, 6.07) is 0.640. The molecule has 1 N–H and O–H groups in total. The molecule has 20 heavy (non-hydrogen) atoms. The summed E-state index contributed by atoms with van der Waals surface area (Å²) in [6.45, 7) is 10.6. The van der Waals surface area contributed by atoms with E-state index < -0.39 is 0 Å². The van der Waals surface area contributed by atoms with E-state index >= 15 is 0 Å². The van der Waals surface area contributed by atoms with Gasteiger partial charge in [0.1, 0.15) is 0 Å². The third-order valence-electron chi connectivity index (χ3n) is 6.20. The third-order valence-corrected chi connectivity index (χ3v) is 6.20. The monoisotopic (exact) mass is 279 g/mol. The Morgan fingerprint density at radius 2 is 2.00 bits per heavy atom. The Morgan fingerprint density at radius 1 is 1.20 bits per heavy atom. The lowest BCUT2D eigenvalue weighted by Gasteiger charge is -2.41. The molecule has 2 fully saturated rings. The molecule has 0 aromatic rings. The van der Waals surface area contributed by atoms with Crippen LogP contribution in [0.4, 0.5) is 0 Å². The molecule has 0 aromatic heterocycles. The summed E-state index contributed by atoms with van der Waals surface area (Å²) in [6.07, 6.45) is 13.3. The fourth-order valence-corrected chi connectivity index (χ4v) is 5.02. The van der Waals surface area contributed by atoms with E-state index in [2.05, 4.69) is 33.0 Å². The second-order valence-electron chi connectivity index (χ2n) is 8.10. The highest BCUT2D eigenvalue weighted by molar-refractivity contribution is 5.02. The van der Waals surface area contributed by atoms with Crippen LogP contribution < -0.4 is 5.32 Å². The van der Waals surface area contributed by atoms with Gasteiger partial charge in [-0.2, -0.15) is 0 Å². The van der Waals surface area contributed by atoms with Gasteiger partial charge in [-0.15, -0.1) is 0 Å². The largest absolute Gasteiger partial charge is 0.314 e. The highest BCUT2D eigenvalue weighted by Crippen LogP contribution is 2.58. The molecule has 2 bridgehead atoms. The first-order valence-corrected chi connectivity index (χ1v) is 9.33. The van der Waals surface area contributed by atoms with Crippen LogP contribution in [0.15, 0.2) is 0 Å². The minimum Gasteiger partial charge on any atom is -0.314 e. The summed E-state index contributed by atoms with van der Waals surface area (Å²) >= 11 is 0. The Bertz CT molecular complexity index is 285. The van der Waals surface area contributed by atoms with Crippen LogP contribution in [0.3, 0.4) is 0 Å². The van der Waals surface area contributed by atoms with Crippen LogP contribution in [0.25, 0.3) is 0 Å². The second kappa shape index (κ2) is 7.29. The van der Waals surface area contributed by atoms with E-state index in [4.69, 9.17) is 0 Å². The average Bonchev–Trinajstić information content (AvgIpc) is 3.02. The predicted octanol–water partition coefficient (Wildman–Crippen LogP) is 5.40. The van der Waals surface area contributed by atoms with Gasteiger partial charge in [0.05, 0.1) is 0 Å². The SMILES string of the molecule is CCCCC(CC)CC1(CNC(C)C)CC2CCC1C2. The fourth-order valence-electron chi connectivity index (χ4n) is 5.02. The van der Waals surface area contributed by atoms with Gasteiger partial charge in [-0.1, -0.05) is 59.8 Å². The van der Waals surface area contributed by atoms with Crippen LogP contribution in [0.2, 0.25) is 0 Å². The summed E-state index contributed by atoms with van der Waals surface area (Å²) in [5, 5.41) is 3.80. The first kappa shape index (κ1) is 16.3. The van der Waals surface area contributed by atoms with E-state index in [1.165, 1.54) is 57.9 Å². The maximum atomic E-state index is 3.80. The summed E-state index contributed by atoms with van der Waals surface area (Å²) in [4.78, 5) is 0. The molecule has 2 rings (SSSR count). The average molecular weight is 280 g/mol. The molecule has 1 nitrogen and oxygen atoms in total. The van der Waals surface area contributed by atoms with Crippen molar-refractivity contribution in [3.05, 3.63) is 0 Å². The quantitative estimate of drug-likeness (QED) is 0.596. The van der Waals surface area contributed by atoms with Crippen molar-refractivity contribution in [2.45, 2.75) is 91.5 Å². The highest BCUT2D eigenvalue weighted by atomic mass is 14.9. The third kappa shape index (κ3) is 3.78. The molecule has 2 aliphatic carbocycles. The maximum Gasteiger partial charge on any atom is 0.00130 e. The Kier molecular flexibility index (Phi) is 5.95. The van der Waals surface area contributed by atoms with Gasteiger partial charge in [-0.3, -0.25) is 0 Å². The summed E-state index contributed by atoms with van der Waals surface area (Å²) in [5.41, 5.74) is 0.654. The molecular formula is C19H37N. The Hall–Kier alpha value is -0.0400. The van der Waals surface area contributed by atoms with E-state index in [0.29, 0.717) is 11.5 Å². The van der Waals surface area contributed by atoms with Gasteiger partial charge in [-0.05, 0) is 48.9 Å². The Morgan fingerprint density at radius 3 is 2.50 bits per heavy atom. The molecule has 0 saturated heterocycles. The lowest BCUT2D eigenvalue weighted by atomic mass is 9.67. The van der Waals surface area contributed by atoms with Crippen molar-refractivity contribution >= 4 is 0 Å². The molecule has 1 heteroatoms. The number of unbranched alkanes of at least 4 members (excludes halogenated alkanes) is 1. The number of hydrogen-bond acceptors (Lipinski definition) is 1. The van der Waals surface area contributed by atoms with Gasteiger partial charge in [0.25, 0.3) is 0 Å². The molecule has 0 radical (unpaired) electrons. The van der Waals surface area contributed by atoms with Crippen LogP contribution in [0, 0.1) is 23.2 Å². The van der Waals surface area contributed by atoms with Gasteiger partial charge in [0, 0.05) is 12.6 Å². The summed E-state index contributed by atoms with van der Waals surface area (Å²) in [7, 11) is 0. The van der Waals surface area contributed by atoms with E-state index in [0.717, 1.165) is 17.8 Å². The number of hydrogen-bond donors (Lipinski definition) is 1. The summed E-state index contributed by atoms with van der Waals surface area (Å²) in [5.74, 6) is 3.08. The minimum absolute atomic E-state index is 0.640. The topological polar surface area (TPSA) is 12.0 Å². The lowest BCUT2D eigenvalue weighted by molar-refractivity contribution is 0.107. The maximum absolute atomic E-state index is 3.80. The zero-order valence-corrected chi connectivity index (χ0v) is 14.4. The van der Waals surface area contributed by atoms with E-state index in [1.54, 1.807) is 6.42 Å². The van der Waals surface area contributed by atoms with E-state index in [-0.39, 0.29) is 0 Å². The normalized spacial score (nSPS) is 34.0. The van der Waals surface area contributed by atoms with E-state index in [9.17, 15) is 0 Å². The highest BCUT2D eigenvalue weighted by Gasteiger charge is 2.50. The smallest absolute Gasteiger partial charge is 0.00130 e. The first-order chi connectivity index (χ1) is 9.59. The van der Waals surface area contributed by atoms with Crippen LogP contribution in [-0.2, 0) is 0 Å². The second-order valence-corrected chi connectivity index (χ2v) is 8.10. The molecule has 118 valence electrons. The Labute approximate surface area is 127 Å². The molecule has 4 unspecified atom stereocenters. The minimum atomic E-state index is 0.640. The zero-order valence-electron chi connectivity index (χ0n) is 14.4. The van der Waals surface area contributed by atoms with Crippen LogP contribution in [-0.4, -0.2) is 12.6 Å². The first-order valence-electron chi connectivity index (χ1n) is 9.33. The zero-order chi connectivity index (χ0) is 14.6. The predicted molar refractivity (Wildman–Crippen MR) is 88.9 cm³/mol. The number of fused-ring (bicyclic) bond motifs is 2. The molecule has 2 saturated carbocycles. The number of rotatable bonds is 9. The molecule has 0 heterocycles. The molecule has 2 aliphatic rings. The van der Waals surface area contributed by atoms with Crippen molar-refractivity contribution in [2.75, 3.05) is 6.54 Å². The van der Waals surface area contributed by atoms with Gasteiger partial charge >= 0.3 is 0 Å². The van der Waals surface area contributed by atoms with Crippen molar-refractivity contribution in [1.29, 1.82) is 0 Å².